The van der Waals surface area contributed by atoms with Gasteiger partial charge in [0.25, 0.3) is 11.7 Å². The molecule has 6 nitrogen and oxygen atoms in total. The Morgan fingerprint density at radius 2 is 1.97 bits per heavy atom. The highest BCUT2D eigenvalue weighted by Gasteiger charge is 2.45. The first-order valence-corrected chi connectivity index (χ1v) is 10.5. The predicted octanol–water partition coefficient (Wildman–Crippen LogP) is 4.48. The van der Waals surface area contributed by atoms with Crippen LogP contribution in [-0.2, 0) is 9.59 Å². The second-order valence-corrected chi connectivity index (χ2v) is 7.36. The van der Waals surface area contributed by atoms with Gasteiger partial charge in [0.2, 0.25) is 0 Å². The van der Waals surface area contributed by atoms with Crippen molar-refractivity contribution in [1.29, 1.82) is 0 Å². The Morgan fingerprint density at radius 3 is 2.67 bits per heavy atom. The maximum Gasteiger partial charge on any atom is 0.295 e. The number of amides is 1. The molecule has 1 fully saturated rings. The summed E-state index contributed by atoms with van der Waals surface area (Å²) in [7, 11) is 0. The summed E-state index contributed by atoms with van der Waals surface area (Å²) in [6.45, 7) is 5.11. The molecule has 158 valence electrons. The van der Waals surface area contributed by atoms with Crippen molar-refractivity contribution in [2.24, 2.45) is 0 Å². The maximum absolute atomic E-state index is 12.9. The lowest BCUT2D eigenvalue weighted by molar-refractivity contribution is -0.139. The number of benzene rings is 1. The number of ketones is 1. The molecule has 1 unspecified atom stereocenters. The van der Waals surface area contributed by atoms with Crippen LogP contribution in [-0.4, -0.2) is 39.8 Å². The van der Waals surface area contributed by atoms with Crippen molar-refractivity contribution < 1.29 is 19.4 Å². The minimum Gasteiger partial charge on any atom is -0.507 e. The van der Waals surface area contributed by atoms with Crippen LogP contribution < -0.4 is 4.74 Å². The molecule has 1 aromatic heterocycles. The Hall–Kier alpha value is -3.15. The molecule has 0 bridgehead atoms. The van der Waals surface area contributed by atoms with Crippen LogP contribution >= 0.6 is 0 Å². The molecule has 6 heteroatoms. The molecular weight excluding hydrogens is 380 g/mol. The second-order valence-electron chi connectivity index (χ2n) is 7.36. The number of likely N-dealkylation sites (tertiary alicyclic amines) is 1. The molecule has 0 radical (unpaired) electrons. The van der Waals surface area contributed by atoms with E-state index in [2.05, 4.69) is 11.9 Å². The van der Waals surface area contributed by atoms with E-state index in [0.717, 1.165) is 25.7 Å². The van der Waals surface area contributed by atoms with Crippen molar-refractivity contribution in [3.8, 4) is 5.75 Å². The van der Waals surface area contributed by atoms with Gasteiger partial charge in [0.05, 0.1) is 18.2 Å². The van der Waals surface area contributed by atoms with Crippen LogP contribution in [0.3, 0.4) is 0 Å². The first-order chi connectivity index (χ1) is 14.6. The van der Waals surface area contributed by atoms with E-state index in [4.69, 9.17) is 4.74 Å². The summed E-state index contributed by atoms with van der Waals surface area (Å²) in [5.41, 5.74) is 1.24. The van der Waals surface area contributed by atoms with Crippen molar-refractivity contribution in [1.82, 2.24) is 9.88 Å². The van der Waals surface area contributed by atoms with Crippen LogP contribution in [0.4, 0.5) is 0 Å². The molecular formula is C24H28N2O4. The largest absolute Gasteiger partial charge is 0.507 e. The third kappa shape index (κ3) is 4.53. The number of hydrogen-bond acceptors (Lipinski definition) is 5. The van der Waals surface area contributed by atoms with E-state index >= 15 is 0 Å². The molecule has 1 N–H and O–H groups in total. The Balaban J connectivity index is 2.05. The molecule has 1 amide bonds. The number of pyridine rings is 1. The lowest BCUT2D eigenvalue weighted by Crippen LogP contribution is -2.30. The fourth-order valence-electron chi connectivity index (χ4n) is 3.64. The van der Waals surface area contributed by atoms with E-state index in [1.54, 1.807) is 47.6 Å². The van der Waals surface area contributed by atoms with Gasteiger partial charge in [-0.15, -0.1) is 0 Å². The molecule has 1 aliphatic heterocycles. The summed E-state index contributed by atoms with van der Waals surface area (Å²) < 4.78 is 5.65. The van der Waals surface area contributed by atoms with E-state index in [1.165, 1.54) is 0 Å². The number of aliphatic hydroxyl groups is 1. The molecule has 3 rings (SSSR count). The maximum atomic E-state index is 12.9. The Kier molecular flexibility index (Phi) is 7.22. The highest BCUT2D eigenvalue weighted by atomic mass is 16.5. The fourth-order valence-corrected chi connectivity index (χ4v) is 3.64. The number of nitrogens with zero attached hydrogens (tertiary/aromatic N) is 2. The molecule has 1 saturated heterocycles. The quantitative estimate of drug-likeness (QED) is 0.286. The summed E-state index contributed by atoms with van der Waals surface area (Å²) in [5.74, 6) is -0.837. The third-order valence-electron chi connectivity index (χ3n) is 5.12. The minimum atomic E-state index is -0.669. The Bertz CT molecular complexity index is 924. The van der Waals surface area contributed by atoms with Gasteiger partial charge in [-0.2, -0.15) is 0 Å². The summed E-state index contributed by atoms with van der Waals surface area (Å²) in [6.07, 6.45) is 6.89. The van der Waals surface area contributed by atoms with Crippen LogP contribution in [0.25, 0.3) is 5.76 Å². The molecule has 2 heterocycles. The van der Waals surface area contributed by atoms with E-state index in [1.807, 2.05) is 13.0 Å². The number of rotatable bonds is 9. The zero-order chi connectivity index (χ0) is 21.5. The van der Waals surface area contributed by atoms with E-state index in [9.17, 15) is 14.7 Å². The molecule has 1 aliphatic rings. The van der Waals surface area contributed by atoms with Gasteiger partial charge < -0.3 is 14.7 Å². The normalized spacial score (nSPS) is 18.1. The standard InChI is InChI=1S/C24H28N2O4/c1-3-5-6-13-26-21(18-10-8-12-25-16-18)20(23(28)24(26)29)22(27)17-9-7-11-19(15-17)30-14-4-2/h7-12,15-16,21,27H,3-6,13-14H2,1-2H3/b22-20-. The zero-order valence-electron chi connectivity index (χ0n) is 17.5. The first-order valence-electron chi connectivity index (χ1n) is 10.5. The smallest absolute Gasteiger partial charge is 0.295 e. The Labute approximate surface area is 177 Å². The molecule has 0 aliphatic carbocycles. The first kappa shape index (κ1) is 21.6. The minimum absolute atomic E-state index is 0.0946. The number of ether oxygens (including phenoxy) is 1. The SMILES string of the molecule is CCCCCN1C(=O)C(=O)/C(=C(\O)c2cccc(OCCC)c2)C1c1cccnc1. The molecule has 2 aromatic rings. The van der Waals surface area contributed by atoms with Crippen molar-refractivity contribution in [3.05, 3.63) is 65.5 Å². The highest BCUT2D eigenvalue weighted by Crippen LogP contribution is 2.39. The number of unbranched alkanes of at least 4 members (excludes halogenated alkanes) is 2. The summed E-state index contributed by atoms with van der Waals surface area (Å²) in [5, 5.41) is 11.1. The van der Waals surface area contributed by atoms with Gasteiger partial charge in [-0.1, -0.05) is 44.9 Å². The molecule has 0 saturated carbocycles. The highest BCUT2D eigenvalue weighted by molar-refractivity contribution is 6.46. The van der Waals surface area contributed by atoms with Gasteiger partial charge >= 0.3 is 0 Å². The van der Waals surface area contributed by atoms with Crippen molar-refractivity contribution >= 4 is 17.4 Å². The summed E-state index contributed by atoms with van der Waals surface area (Å²) in [6, 6.07) is 9.89. The number of carbonyl (C=O) groups excluding carboxylic acids is 2. The van der Waals surface area contributed by atoms with Gasteiger partial charge in [0, 0.05) is 24.5 Å². The third-order valence-corrected chi connectivity index (χ3v) is 5.12. The van der Waals surface area contributed by atoms with Crippen LogP contribution in [0.5, 0.6) is 5.75 Å². The fraction of sp³-hybridized carbons (Fsp3) is 0.375. The lowest BCUT2D eigenvalue weighted by atomic mass is 9.96. The van der Waals surface area contributed by atoms with Gasteiger partial charge in [0.15, 0.2) is 0 Å². The van der Waals surface area contributed by atoms with Crippen LogP contribution in [0.15, 0.2) is 54.4 Å². The van der Waals surface area contributed by atoms with Gasteiger partial charge in [-0.3, -0.25) is 14.6 Å². The van der Waals surface area contributed by atoms with E-state index in [-0.39, 0.29) is 11.3 Å². The molecule has 1 aromatic carbocycles. The topological polar surface area (TPSA) is 79.7 Å². The van der Waals surface area contributed by atoms with Crippen LogP contribution in [0.2, 0.25) is 0 Å². The summed E-state index contributed by atoms with van der Waals surface area (Å²) in [4.78, 5) is 31.5. The number of Topliss-reactive ketones (excluding diaryl/α,β-unsaturated/α-hetero) is 1. The van der Waals surface area contributed by atoms with Gasteiger partial charge in [-0.25, -0.2) is 0 Å². The number of aliphatic hydroxyl groups excluding tert-OH is 1. The van der Waals surface area contributed by atoms with Crippen molar-refractivity contribution in [2.45, 2.75) is 45.6 Å². The average molecular weight is 408 g/mol. The van der Waals surface area contributed by atoms with E-state index in [0.29, 0.717) is 30.0 Å². The van der Waals surface area contributed by atoms with Crippen molar-refractivity contribution in [2.75, 3.05) is 13.2 Å². The molecule has 1 atom stereocenters. The van der Waals surface area contributed by atoms with E-state index < -0.39 is 17.7 Å². The van der Waals surface area contributed by atoms with Crippen LogP contribution in [0, 0.1) is 0 Å². The van der Waals surface area contributed by atoms with Crippen LogP contribution in [0.1, 0.15) is 56.7 Å². The zero-order valence-corrected chi connectivity index (χ0v) is 17.5. The monoisotopic (exact) mass is 408 g/mol. The van der Waals surface area contributed by atoms with Gasteiger partial charge in [0.1, 0.15) is 11.5 Å². The number of hydrogen-bond donors (Lipinski definition) is 1. The Morgan fingerprint density at radius 1 is 1.13 bits per heavy atom. The number of carbonyl (C=O) groups is 2. The van der Waals surface area contributed by atoms with Crippen molar-refractivity contribution in [3.63, 3.8) is 0 Å². The predicted molar refractivity (Wildman–Crippen MR) is 115 cm³/mol. The summed E-state index contributed by atoms with van der Waals surface area (Å²) >= 11 is 0. The lowest BCUT2D eigenvalue weighted by Gasteiger charge is -2.25. The van der Waals surface area contributed by atoms with Gasteiger partial charge in [-0.05, 0) is 36.6 Å². The second kappa shape index (κ2) is 10.1. The molecule has 30 heavy (non-hydrogen) atoms. The molecule has 0 spiro atoms. The average Bonchev–Trinajstić information content (AvgIpc) is 3.03. The number of aromatic nitrogens is 1.